The highest BCUT2D eigenvalue weighted by Crippen LogP contribution is 2.33. The zero-order valence-corrected chi connectivity index (χ0v) is 15.0. The molecule has 3 aromatic rings. The average Bonchev–Trinajstić information content (AvgIpc) is 2.71. The van der Waals surface area contributed by atoms with E-state index in [-0.39, 0.29) is 0 Å². The van der Waals surface area contributed by atoms with Gasteiger partial charge in [0.05, 0.1) is 25.0 Å². The van der Waals surface area contributed by atoms with Crippen LogP contribution in [0.5, 0.6) is 11.5 Å². The number of nitrogens with zero attached hydrogens (tertiary/aromatic N) is 1. The third-order valence-corrected chi connectivity index (χ3v) is 3.87. The minimum Gasteiger partial charge on any atom is -0.497 e. The molecule has 0 aliphatic heterocycles. The third-order valence-electron chi connectivity index (χ3n) is 3.87. The maximum Gasteiger partial charge on any atom is 0.128 e. The van der Waals surface area contributed by atoms with Crippen molar-refractivity contribution in [3.05, 3.63) is 90.0 Å². The molecule has 0 heterocycles. The highest BCUT2D eigenvalue weighted by Gasteiger charge is 2.13. The van der Waals surface area contributed by atoms with Crippen molar-refractivity contribution in [2.24, 2.45) is 4.99 Å². The van der Waals surface area contributed by atoms with Crippen LogP contribution in [-0.4, -0.2) is 19.6 Å². The molecule has 0 radical (unpaired) electrons. The molecule has 0 spiro atoms. The zero-order valence-electron chi connectivity index (χ0n) is 15.0. The van der Waals surface area contributed by atoms with E-state index in [0.717, 1.165) is 33.9 Å². The maximum absolute atomic E-state index is 5.83. The van der Waals surface area contributed by atoms with Gasteiger partial charge >= 0.3 is 0 Å². The summed E-state index contributed by atoms with van der Waals surface area (Å²) in [5.74, 6) is 4.77. The first kappa shape index (κ1) is 17.5. The van der Waals surface area contributed by atoms with Crippen molar-refractivity contribution in [3.63, 3.8) is 0 Å². The Labute approximate surface area is 154 Å². The molecular formula is C23H21NO2. The topological polar surface area (TPSA) is 30.8 Å². The van der Waals surface area contributed by atoms with Gasteiger partial charge in [-0.05, 0) is 48.7 Å². The number of hydrogen-bond acceptors (Lipinski definition) is 3. The standard InChI is InChI=1S/C23H21NO2/c1-3-26-23-15-14-20(25-2)16-21(23)22(18-10-6-4-7-11-18)17-24-19-12-8-5-9-13-19/h4-16H,3H2,1-2H3. The van der Waals surface area contributed by atoms with Crippen LogP contribution in [-0.2, 0) is 0 Å². The molecule has 0 aromatic heterocycles. The molecule has 0 unspecified atom stereocenters. The Hall–Kier alpha value is -3.29. The summed E-state index contributed by atoms with van der Waals surface area (Å²) >= 11 is 0. The van der Waals surface area contributed by atoms with Crippen LogP contribution in [0.2, 0.25) is 0 Å². The summed E-state index contributed by atoms with van der Waals surface area (Å²) in [6, 6.07) is 25.6. The summed E-state index contributed by atoms with van der Waals surface area (Å²) in [6.07, 6.45) is 0. The van der Waals surface area contributed by atoms with Gasteiger partial charge in [-0.1, -0.05) is 48.5 Å². The molecule has 3 nitrogen and oxygen atoms in total. The van der Waals surface area contributed by atoms with Gasteiger partial charge in [-0.3, -0.25) is 0 Å². The van der Waals surface area contributed by atoms with E-state index in [4.69, 9.17) is 9.47 Å². The van der Waals surface area contributed by atoms with Crippen LogP contribution in [0, 0.1) is 0 Å². The largest absolute Gasteiger partial charge is 0.497 e. The van der Waals surface area contributed by atoms with Gasteiger partial charge in [-0.15, -0.1) is 0 Å². The Bertz CT molecular complexity index is 911. The molecule has 0 saturated carbocycles. The Balaban J connectivity index is 2.20. The van der Waals surface area contributed by atoms with E-state index in [1.807, 2.05) is 85.8 Å². The number of hydrogen-bond donors (Lipinski definition) is 0. The van der Waals surface area contributed by atoms with Crippen molar-refractivity contribution in [1.29, 1.82) is 0 Å². The van der Waals surface area contributed by atoms with E-state index < -0.39 is 0 Å². The highest BCUT2D eigenvalue weighted by molar-refractivity contribution is 6.01. The lowest BCUT2D eigenvalue weighted by molar-refractivity contribution is 0.338. The number of rotatable bonds is 6. The maximum atomic E-state index is 5.83. The zero-order chi connectivity index (χ0) is 18.2. The van der Waals surface area contributed by atoms with Crippen molar-refractivity contribution >= 4 is 17.1 Å². The molecule has 26 heavy (non-hydrogen) atoms. The van der Waals surface area contributed by atoms with Gasteiger partial charge < -0.3 is 9.47 Å². The molecule has 0 fully saturated rings. The summed E-state index contributed by atoms with van der Waals surface area (Å²) < 4.78 is 11.2. The molecule has 3 aromatic carbocycles. The molecule has 0 saturated heterocycles. The molecule has 0 atom stereocenters. The first-order valence-electron chi connectivity index (χ1n) is 8.57. The van der Waals surface area contributed by atoms with Crippen LogP contribution in [0.3, 0.4) is 0 Å². The second-order valence-electron chi connectivity index (χ2n) is 5.60. The molecule has 0 aliphatic rings. The molecule has 0 aliphatic carbocycles. The van der Waals surface area contributed by atoms with Crippen molar-refractivity contribution in [2.45, 2.75) is 6.92 Å². The first-order chi connectivity index (χ1) is 12.8. The lowest BCUT2D eigenvalue weighted by Gasteiger charge is -2.13. The van der Waals surface area contributed by atoms with E-state index in [2.05, 4.69) is 10.9 Å². The smallest absolute Gasteiger partial charge is 0.128 e. The Kier molecular flexibility index (Phi) is 5.87. The third kappa shape index (κ3) is 4.21. The van der Waals surface area contributed by atoms with E-state index >= 15 is 0 Å². The van der Waals surface area contributed by atoms with E-state index in [1.54, 1.807) is 7.11 Å². The summed E-state index contributed by atoms with van der Waals surface area (Å²) in [7, 11) is 1.66. The summed E-state index contributed by atoms with van der Waals surface area (Å²) in [5, 5.41) is 0. The predicted molar refractivity (Wildman–Crippen MR) is 107 cm³/mol. The average molecular weight is 343 g/mol. The van der Waals surface area contributed by atoms with Gasteiger partial charge in [-0.25, -0.2) is 4.99 Å². The Morgan fingerprint density at radius 3 is 2.27 bits per heavy atom. The summed E-state index contributed by atoms with van der Waals surface area (Å²) in [6.45, 7) is 2.55. The summed E-state index contributed by atoms with van der Waals surface area (Å²) in [4.78, 5) is 4.53. The van der Waals surface area contributed by atoms with Crippen molar-refractivity contribution in [1.82, 2.24) is 0 Å². The Morgan fingerprint density at radius 1 is 0.923 bits per heavy atom. The molecular weight excluding hydrogens is 322 g/mol. The number of benzene rings is 3. The number of methoxy groups -OCH3 is 1. The van der Waals surface area contributed by atoms with Gasteiger partial charge in [-0.2, -0.15) is 0 Å². The number of aliphatic imine (C=N–C) groups is 1. The first-order valence-corrected chi connectivity index (χ1v) is 8.57. The van der Waals surface area contributed by atoms with Gasteiger partial charge in [0, 0.05) is 5.56 Å². The minimum atomic E-state index is 0.581. The van der Waals surface area contributed by atoms with Crippen LogP contribution in [0.4, 0.5) is 5.69 Å². The SMILES string of the molecule is CCOc1ccc(OC)cc1C(=C=Nc1ccccc1)c1ccccc1. The van der Waals surface area contributed by atoms with Gasteiger partial charge in [0.2, 0.25) is 0 Å². The molecule has 130 valence electrons. The fourth-order valence-corrected chi connectivity index (χ4v) is 2.62. The predicted octanol–water partition coefficient (Wildman–Crippen LogP) is 5.53. The van der Waals surface area contributed by atoms with Gasteiger partial charge in [0.25, 0.3) is 0 Å². The van der Waals surface area contributed by atoms with Crippen molar-refractivity contribution < 1.29 is 9.47 Å². The lowest BCUT2D eigenvalue weighted by atomic mass is 9.98. The molecule has 0 N–H and O–H groups in total. The quantitative estimate of drug-likeness (QED) is 0.551. The normalized spacial score (nSPS) is 9.92. The number of para-hydroxylation sites is 1. The van der Waals surface area contributed by atoms with Crippen LogP contribution in [0.15, 0.2) is 83.9 Å². The monoisotopic (exact) mass is 343 g/mol. The van der Waals surface area contributed by atoms with Crippen LogP contribution < -0.4 is 9.47 Å². The second-order valence-corrected chi connectivity index (χ2v) is 5.60. The van der Waals surface area contributed by atoms with Gasteiger partial charge in [0.15, 0.2) is 0 Å². The Morgan fingerprint density at radius 2 is 1.62 bits per heavy atom. The van der Waals surface area contributed by atoms with Gasteiger partial charge in [0.1, 0.15) is 11.5 Å². The molecule has 3 rings (SSSR count). The van der Waals surface area contributed by atoms with Crippen LogP contribution >= 0.6 is 0 Å². The van der Waals surface area contributed by atoms with Crippen molar-refractivity contribution in [3.8, 4) is 11.5 Å². The van der Waals surface area contributed by atoms with E-state index in [0.29, 0.717) is 6.61 Å². The van der Waals surface area contributed by atoms with E-state index in [9.17, 15) is 0 Å². The van der Waals surface area contributed by atoms with E-state index in [1.165, 1.54) is 0 Å². The molecule has 0 bridgehead atoms. The highest BCUT2D eigenvalue weighted by atomic mass is 16.5. The fraction of sp³-hybridized carbons (Fsp3) is 0.130. The number of ether oxygens (including phenoxy) is 2. The summed E-state index contributed by atoms with van der Waals surface area (Å²) in [5.41, 5.74) is 3.62. The van der Waals surface area contributed by atoms with Crippen LogP contribution in [0.25, 0.3) is 5.57 Å². The van der Waals surface area contributed by atoms with Crippen molar-refractivity contribution in [2.75, 3.05) is 13.7 Å². The fourth-order valence-electron chi connectivity index (χ4n) is 2.62. The molecule has 0 amide bonds. The van der Waals surface area contributed by atoms with Crippen LogP contribution in [0.1, 0.15) is 18.1 Å². The lowest BCUT2D eigenvalue weighted by Crippen LogP contribution is -1.99. The second kappa shape index (κ2) is 8.70. The minimum absolute atomic E-state index is 0.581. The molecule has 3 heteroatoms.